The van der Waals surface area contributed by atoms with E-state index in [1.807, 2.05) is 18.2 Å². The molecule has 0 aromatic heterocycles. The second-order valence-electron chi connectivity index (χ2n) is 6.01. The monoisotopic (exact) mass is 337 g/mol. The van der Waals surface area contributed by atoms with Crippen LogP contribution >= 0.6 is 0 Å². The van der Waals surface area contributed by atoms with E-state index in [9.17, 15) is 4.79 Å². The van der Waals surface area contributed by atoms with Crippen molar-refractivity contribution in [2.24, 2.45) is 0 Å². The van der Waals surface area contributed by atoms with Crippen LogP contribution in [0.2, 0.25) is 0 Å². The Morgan fingerprint density at radius 1 is 1.25 bits per heavy atom. The molecule has 132 valence electrons. The number of benzene rings is 1. The molecular weight excluding hydrogens is 314 g/mol. The van der Waals surface area contributed by atoms with Crippen LogP contribution in [0.5, 0.6) is 11.5 Å². The van der Waals surface area contributed by atoms with Crippen molar-refractivity contribution in [3.63, 3.8) is 0 Å². The van der Waals surface area contributed by atoms with Crippen molar-refractivity contribution in [1.29, 1.82) is 0 Å². The molecule has 1 fully saturated rings. The molecule has 2 aliphatic rings. The molecule has 0 bridgehead atoms. The number of carbonyl (C=O) groups excluding carboxylic acids is 1. The molecule has 2 N–H and O–H groups in total. The maximum absolute atomic E-state index is 12.3. The second kappa shape index (κ2) is 7.83. The maximum atomic E-state index is 12.3. The Morgan fingerprint density at radius 2 is 2.04 bits per heavy atom. The molecule has 0 unspecified atom stereocenters. The highest BCUT2D eigenvalue weighted by molar-refractivity contribution is 5.78. The van der Waals surface area contributed by atoms with Gasteiger partial charge in [0, 0.05) is 32.6 Å². The van der Waals surface area contributed by atoms with Crippen molar-refractivity contribution in [2.45, 2.75) is 24.9 Å². The molecule has 0 atom stereocenters. The van der Waals surface area contributed by atoms with Gasteiger partial charge in [0.1, 0.15) is 0 Å². The lowest BCUT2D eigenvalue weighted by molar-refractivity contribution is -0.130. The van der Waals surface area contributed by atoms with E-state index in [-0.39, 0.29) is 32.3 Å². The van der Waals surface area contributed by atoms with Crippen LogP contribution in [0.4, 0.5) is 0 Å². The van der Waals surface area contributed by atoms with Crippen LogP contribution in [0.3, 0.4) is 0 Å². The summed E-state index contributed by atoms with van der Waals surface area (Å²) in [7, 11) is 0. The maximum Gasteiger partial charge on any atom is 0.231 e. The average Bonchev–Trinajstić information content (AvgIpc) is 3.07. The molecule has 7 nitrogen and oxygen atoms in total. The van der Waals surface area contributed by atoms with Crippen LogP contribution in [0.15, 0.2) is 18.2 Å². The molecule has 0 aliphatic carbocycles. The van der Waals surface area contributed by atoms with Gasteiger partial charge in [-0.2, -0.15) is 0 Å². The Labute approximate surface area is 140 Å². The number of ether oxygens (including phenoxy) is 4. The summed E-state index contributed by atoms with van der Waals surface area (Å²) in [5.41, 5.74) is 0.417. The molecule has 0 radical (unpaired) electrons. The third-order valence-corrected chi connectivity index (χ3v) is 4.31. The SMILES string of the molecule is O=C(Cc1ccc2c(c1)OCO2)NCC1(OCCO)CCOCC1. The first-order chi connectivity index (χ1) is 11.7. The standard InChI is InChI=1S/C17H23NO6/c19-5-8-24-17(3-6-21-7-4-17)11-18-16(20)10-13-1-2-14-15(9-13)23-12-22-14/h1-2,9,19H,3-8,10-12H2,(H,18,20). The minimum atomic E-state index is -0.453. The van der Waals surface area contributed by atoms with E-state index < -0.39 is 5.60 Å². The van der Waals surface area contributed by atoms with Crippen molar-refractivity contribution in [3.05, 3.63) is 23.8 Å². The Hall–Kier alpha value is -1.83. The molecule has 2 heterocycles. The lowest BCUT2D eigenvalue weighted by atomic mass is 9.93. The molecule has 0 spiro atoms. The van der Waals surface area contributed by atoms with Gasteiger partial charge < -0.3 is 29.4 Å². The number of amides is 1. The number of carbonyl (C=O) groups is 1. The summed E-state index contributed by atoms with van der Waals surface area (Å²) in [4.78, 5) is 12.3. The van der Waals surface area contributed by atoms with E-state index in [0.717, 1.165) is 5.56 Å². The van der Waals surface area contributed by atoms with Crippen LogP contribution in [-0.4, -0.2) is 56.4 Å². The molecule has 1 saturated heterocycles. The zero-order chi connectivity index (χ0) is 16.8. The van der Waals surface area contributed by atoms with Crippen LogP contribution in [0, 0.1) is 0 Å². The van der Waals surface area contributed by atoms with Gasteiger partial charge in [-0.1, -0.05) is 6.07 Å². The fraction of sp³-hybridized carbons (Fsp3) is 0.588. The fourth-order valence-electron chi connectivity index (χ4n) is 2.94. The predicted molar refractivity (Wildman–Crippen MR) is 85.1 cm³/mol. The van der Waals surface area contributed by atoms with Gasteiger partial charge in [0.05, 0.1) is 25.2 Å². The van der Waals surface area contributed by atoms with E-state index in [2.05, 4.69) is 5.32 Å². The molecule has 7 heteroatoms. The molecule has 0 saturated carbocycles. The van der Waals surface area contributed by atoms with Gasteiger partial charge in [0.15, 0.2) is 11.5 Å². The largest absolute Gasteiger partial charge is 0.454 e. The number of nitrogens with one attached hydrogen (secondary N) is 1. The van der Waals surface area contributed by atoms with Crippen molar-refractivity contribution < 1.29 is 28.8 Å². The van der Waals surface area contributed by atoms with Gasteiger partial charge in [-0.25, -0.2) is 0 Å². The van der Waals surface area contributed by atoms with Crippen LogP contribution < -0.4 is 14.8 Å². The summed E-state index contributed by atoms with van der Waals surface area (Å²) in [6.07, 6.45) is 1.68. The Kier molecular flexibility index (Phi) is 5.55. The normalized spacial score (nSPS) is 18.4. The molecule has 1 amide bonds. The Morgan fingerprint density at radius 3 is 2.83 bits per heavy atom. The summed E-state index contributed by atoms with van der Waals surface area (Å²) in [6.45, 7) is 2.07. The topological polar surface area (TPSA) is 86.3 Å². The first-order valence-electron chi connectivity index (χ1n) is 8.19. The van der Waals surface area contributed by atoms with Gasteiger partial charge in [-0.05, 0) is 17.7 Å². The summed E-state index contributed by atoms with van der Waals surface area (Å²) in [5, 5.41) is 11.9. The summed E-state index contributed by atoms with van der Waals surface area (Å²) >= 11 is 0. The molecule has 1 aromatic rings. The van der Waals surface area contributed by atoms with E-state index >= 15 is 0 Å². The first kappa shape index (κ1) is 17.0. The molecular formula is C17H23NO6. The fourth-order valence-corrected chi connectivity index (χ4v) is 2.94. The van der Waals surface area contributed by atoms with E-state index in [1.165, 1.54) is 0 Å². The van der Waals surface area contributed by atoms with E-state index in [4.69, 9.17) is 24.1 Å². The van der Waals surface area contributed by atoms with Crippen molar-refractivity contribution in [3.8, 4) is 11.5 Å². The lowest BCUT2D eigenvalue weighted by Gasteiger charge is -2.37. The zero-order valence-corrected chi connectivity index (χ0v) is 13.6. The lowest BCUT2D eigenvalue weighted by Crippen LogP contribution is -2.49. The highest BCUT2D eigenvalue weighted by Crippen LogP contribution is 2.32. The minimum absolute atomic E-state index is 0.0340. The molecule has 2 aliphatic heterocycles. The quantitative estimate of drug-likeness (QED) is 0.759. The third-order valence-electron chi connectivity index (χ3n) is 4.31. The molecule has 24 heavy (non-hydrogen) atoms. The van der Waals surface area contributed by atoms with E-state index in [0.29, 0.717) is 44.1 Å². The van der Waals surface area contributed by atoms with Crippen LogP contribution in [-0.2, 0) is 20.7 Å². The first-order valence-corrected chi connectivity index (χ1v) is 8.19. The molecule has 1 aromatic carbocycles. The highest BCUT2D eigenvalue weighted by Gasteiger charge is 2.33. The number of fused-ring (bicyclic) bond motifs is 1. The second-order valence-corrected chi connectivity index (χ2v) is 6.01. The predicted octanol–water partition coefficient (Wildman–Crippen LogP) is 0.632. The summed E-state index contributed by atoms with van der Waals surface area (Å²) < 4.78 is 21.8. The summed E-state index contributed by atoms with van der Waals surface area (Å²) in [6, 6.07) is 5.50. The highest BCUT2D eigenvalue weighted by atomic mass is 16.7. The van der Waals surface area contributed by atoms with Crippen molar-refractivity contribution >= 4 is 5.91 Å². The van der Waals surface area contributed by atoms with Crippen molar-refractivity contribution in [1.82, 2.24) is 5.32 Å². The van der Waals surface area contributed by atoms with Crippen molar-refractivity contribution in [2.75, 3.05) is 39.8 Å². The number of aliphatic hydroxyl groups excluding tert-OH is 1. The van der Waals surface area contributed by atoms with Gasteiger partial charge in [0.2, 0.25) is 12.7 Å². The van der Waals surface area contributed by atoms with Gasteiger partial charge in [-0.3, -0.25) is 4.79 Å². The van der Waals surface area contributed by atoms with E-state index in [1.54, 1.807) is 0 Å². The number of rotatable bonds is 7. The van der Waals surface area contributed by atoms with Gasteiger partial charge in [0.25, 0.3) is 0 Å². The number of hydrogen-bond donors (Lipinski definition) is 2. The minimum Gasteiger partial charge on any atom is -0.454 e. The van der Waals surface area contributed by atoms with Crippen LogP contribution in [0.1, 0.15) is 18.4 Å². The average molecular weight is 337 g/mol. The number of hydrogen-bond acceptors (Lipinski definition) is 6. The molecule has 3 rings (SSSR count). The smallest absolute Gasteiger partial charge is 0.231 e. The zero-order valence-electron chi connectivity index (χ0n) is 13.6. The van der Waals surface area contributed by atoms with Gasteiger partial charge >= 0.3 is 0 Å². The third kappa shape index (κ3) is 4.17. The summed E-state index contributed by atoms with van der Waals surface area (Å²) in [5.74, 6) is 1.30. The Balaban J connectivity index is 1.53. The Bertz CT molecular complexity index is 570. The number of aliphatic hydroxyl groups is 1. The van der Waals surface area contributed by atoms with Gasteiger partial charge in [-0.15, -0.1) is 0 Å². The van der Waals surface area contributed by atoms with Crippen LogP contribution in [0.25, 0.3) is 0 Å².